The third-order valence-corrected chi connectivity index (χ3v) is 3.33. The van der Waals surface area contributed by atoms with Gasteiger partial charge in [-0.15, -0.1) is 0 Å². The van der Waals surface area contributed by atoms with Crippen LogP contribution in [0.25, 0.3) is 0 Å². The van der Waals surface area contributed by atoms with Gasteiger partial charge in [0.25, 0.3) is 0 Å². The lowest BCUT2D eigenvalue weighted by Crippen LogP contribution is -2.57. The van der Waals surface area contributed by atoms with Crippen molar-refractivity contribution in [2.75, 3.05) is 26.4 Å². The molecule has 2 aliphatic rings. The molecule has 0 radical (unpaired) electrons. The fraction of sp³-hybridized carbons (Fsp3) is 0.833. The molecule has 2 rings (SSSR count). The fourth-order valence-corrected chi connectivity index (χ4v) is 2.13. The first kappa shape index (κ1) is 13.3. The number of carbonyl (C=O) groups is 2. The Balaban J connectivity index is 2.00. The molecule has 2 fully saturated rings. The van der Waals surface area contributed by atoms with E-state index in [1.807, 2.05) is 0 Å². The molecule has 0 aromatic rings. The maximum atomic E-state index is 12.4. The summed E-state index contributed by atoms with van der Waals surface area (Å²) in [5.74, 6) is -0.559. The molecular formula is C12H20N2O4. The molecule has 0 aromatic heterocycles. The molecule has 1 saturated heterocycles. The maximum absolute atomic E-state index is 12.4. The van der Waals surface area contributed by atoms with E-state index < -0.39 is 5.54 Å². The van der Waals surface area contributed by atoms with Crippen LogP contribution in [0.4, 0.5) is 0 Å². The van der Waals surface area contributed by atoms with Gasteiger partial charge in [0.05, 0.1) is 13.2 Å². The molecule has 1 amide bonds. The van der Waals surface area contributed by atoms with Crippen LogP contribution in [0.2, 0.25) is 0 Å². The molecular weight excluding hydrogens is 236 g/mol. The second-order valence-electron chi connectivity index (χ2n) is 4.93. The van der Waals surface area contributed by atoms with Crippen LogP contribution in [0.5, 0.6) is 0 Å². The van der Waals surface area contributed by atoms with Gasteiger partial charge in [0, 0.05) is 12.6 Å². The molecule has 0 aromatic carbocycles. The summed E-state index contributed by atoms with van der Waals surface area (Å²) < 4.78 is 10.1. The summed E-state index contributed by atoms with van der Waals surface area (Å²) >= 11 is 0. The molecule has 18 heavy (non-hydrogen) atoms. The van der Waals surface area contributed by atoms with E-state index in [4.69, 9.17) is 15.2 Å². The predicted octanol–water partition coefficient (Wildman–Crippen LogP) is -0.342. The van der Waals surface area contributed by atoms with Gasteiger partial charge in [-0.25, -0.2) is 0 Å². The van der Waals surface area contributed by atoms with Gasteiger partial charge in [0.2, 0.25) is 5.91 Å². The zero-order chi connectivity index (χ0) is 13.2. The molecule has 1 aliphatic carbocycles. The standard InChI is InChI=1S/C12H20N2O4/c1-2-18-10(15)7-14(9-3-4-9)11(16)12(13)5-6-17-8-12/h9H,2-8,13H2,1H3. The van der Waals surface area contributed by atoms with Crippen LogP contribution in [0.15, 0.2) is 0 Å². The van der Waals surface area contributed by atoms with Crippen LogP contribution in [0.1, 0.15) is 26.2 Å². The number of hydrogen-bond donors (Lipinski definition) is 1. The lowest BCUT2D eigenvalue weighted by Gasteiger charge is -2.29. The Morgan fingerprint density at radius 1 is 1.50 bits per heavy atom. The van der Waals surface area contributed by atoms with Crippen molar-refractivity contribution in [3.63, 3.8) is 0 Å². The highest BCUT2D eigenvalue weighted by molar-refractivity contribution is 5.90. The quantitative estimate of drug-likeness (QED) is 0.680. The van der Waals surface area contributed by atoms with Crippen molar-refractivity contribution in [3.05, 3.63) is 0 Å². The normalized spacial score (nSPS) is 27.0. The Labute approximate surface area is 106 Å². The van der Waals surface area contributed by atoms with E-state index in [2.05, 4.69) is 0 Å². The van der Waals surface area contributed by atoms with Crippen LogP contribution in [-0.4, -0.2) is 54.7 Å². The summed E-state index contributed by atoms with van der Waals surface area (Å²) in [4.78, 5) is 25.5. The van der Waals surface area contributed by atoms with E-state index in [0.717, 1.165) is 12.8 Å². The number of esters is 1. The summed E-state index contributed by atoms with van der Waals surface area (Å²) in [6.07, 6.45) is 2.38. The first-order chi connectivity index (χ1) is 8.57. The summed E-state index contributed by atoms with van der Waals surface area (Å²) in [6.45, 7) is 2.80. The van der Waals surface area contributed by atoms with Gasteiger partial charge in [-0.2, -0.15) is 0 Å². The van der Waals surface area contributed by atoms with E-state index in [9.17, 15) is 9.59 Å². The Bertz CT molecular complexity index is 335. The number of rotatable bonds is 5. The Kier molecular flexibility index (Phi) is 3.87. The Morgan fingerprint density at radius 2 is 2.22 bits per heavy atom. The number of carbonyl (C=O) groups excluding carboxylic acids is 2. The number of hydrogen-bond acceptors (Lipinski definition) is 5. The first-order valence-electron chi connectivity index (χ1n) is 6.40. The first-order valence-corrected chi connectivity index (χ1v) is 6.40. The van der Waals surface area contributed by atoms with Gasteiger partial charge < -0.3 is 20.1 Å². The molecule has 1 atom stereocenters. The SMILES string of the molecule is CCOC(=O)CN(C(=O)C1(N)CCOC1)C1CC1. The van der Waals surface area contributed by atoms with E-state index >= 15 is 0 Å². The van der Waals surface area contributed by atoms with Gasteiger partial charge in [0.1, 0.15) is 12.1 Å². The molecule has 1 aliphatic heterocycles. The molecule has 102 valence electrons. The number of amides is 1. The topological polar surface area (TPSA) is 81.9 Å². The van der Waals surface area contributed by atoms with E-state index in [0.29, 0.717) is 19.6 Å². The van der Waals surface area contributed by atoms with Gasteiger partial charge in [-0.3, -0.25) is 9.59 Å². The molecule has 1 saturated carbocycles. The van der Waals surface area contributed by atoms with Gasteiger partial charge in [-0.1, -0.05) is 0 Å². The largest absolute Gasteiger partial charge is 0.465 e. The van der Waals surface area contributed by atoms with Crippen molar-refractivity contribution >= 4 is 11.9 Å². The third kappa shape index (κ3) is 2.81. The number of nitrogens with two attached hydrogens (primary N) is 1. The highest BCUT2D eigenvalue weighted by atomic mass is 16.5. The lowest BCUT2D eigenvalue weighted by atomic mass is 9.98. The highest BCUT2D eigenvalue weighted by Gasteiger charge is 2.45. The average Bonchev–Trinajstić information content (AvgIpc) is 3.08. The zero-order valence-corrected chi connectivity index (χ0v) is 10.7. The molecule has 6 nitrogen and oxygen atoms in total. The van der Waals surface area contributed by atoms with E-state index in [1.54, 1.807) is 11.8 Å². The van der Waals surface area contributed by atoms with Crippen molar-refractivity contribution in [2.45, 2.75) is 37.8 Å². The summed E-state index contributed by atoms with van der Waals surface area (Å²) in [6, 6.07) is 0.142. The van der Waals surface area contributed by atoms with Crippen LogP contribution in [0, 0.1) is 0 Å². The van der Waals surface area contributed by atoms with Crippen molar-refractivity contribution in [1.29, 1.82) is 0 Å². The summed E-state index contributed by atoms with van der Waals surface area (Å²) in [7, 11) is 0. The van der Waals surface area contributed by atoms with Crippen LogP contribution < -0.4 is 5.73 Å². The molecule has 6 heteroatoms. The second kappa shape index (κ2) is 5.24. The van der Waals surface area contributed by atoms with Crippen molar-refractivity contribution in [3.8, 4) is 0 Å². The fourth-order valence-electron chi connectivity index (χ4n) is 2.13. The maximum Gasteiger partial charge on any atom is 0.325 e. The summed E-state index contributed by atoms with van der Waals surface area (Å²) in [5, 5.41) is 0. The predicted molar refractivity (Wildman–Crippen MR) is 63.7 cm³/mol. The second-order valence-corrected chi connectivity index (χ2v) is 4.93. The molecule has 2 N–H and O–H groups in total. The summed E-state index contributed by atoms with van der Waals surface area (Å²) in [5.41, 5.74) is 5.09. The van der Waals surface area contributed by atoms with E-state index in [-0.39, 0.29) is 31.1 Å². The monoisotopic (exact) mass is 256 g/mol. The third-order valence-electron chi connectivity index (χ3n) is 3.33. The molecule has 0 spiro atoms. The Hall–Kier alpha value is -1.14. The smallest absolute Gasteiger partial charge is 0.325 e. The van der Waals surface area contributed by atoms with Crippen LogP contribution in [-0.2, 0) is 19.1 Å². The minimum atomic E-state index is -0.963. The van der Waals surface area contributed by atoms with Crippen molar-refractivity contribution in [2.24, 2.45) is 5.73 Å². The van der Waals surface area contributed by atoms with Crippen LogP contribution >= 0.6 is 0 Å². The van der Waals surface area contributed by atoms with Crippen LogP contribution in [0.3, 0.4) is 0 Å². The average molecular weight is 256 g/mol. The van der Waals surface area contributed by atoms with Gasteiger partial charge in [0.15, 0.2) is 0 Å². The number of ether oxygens (including phenoxy) is 2. The van der Waals surface area contributed by atoms with Gasteiger partial charge in [-0.05, 0) is 26.2 Å². The van der Waals surface area contributed by atoms with E-state index in [1.165, 1.54) is 0 Å². The zero-order valence-electron chi connectivity index (χ0n) is 10.7. The number of nitrogens with zero attached hydrogens (tertiary/aromatic N) is 1. The Morgan fingerprint density at radius 3 is 2.72 bits per heavy atom. The minimum absolute atomic E-state index is 0.00368. The molecule has 0 bridgehead atoms. The molecule has 1 unspecified atom stereocenters. The highest BCUT2D eigenvalue weighted by Crippen LogP contribution is 2.30. The van der Waals surface area contributed by atoms with Crippen molar-refractivity contribution < 1.29 is 19.1 Å². The lowest BCUT2D eigenvalue weighted by molar-refractivity contribution is -0.151. The molecule has 1 heterocycles. The minimum Gasteiger partial charge on any atom is -0.465 e. The van der Waals surface area contributed by atoms with Gasteiger partial charge >= 0.3 is 5.97 Å². The van der Waals surface area contributed by atoms with Crippen molar-refractivity contribution in [1.82, 2.24) is 4.90 Å².